The zero-order valence-corrected chi connectivity index (χ0v) is 15.7. The molecule has 2 aromatic rings. The van der Waals surface area contributed by atoms with Crippen LogP contribution in [0.15, 0.2) is 48.2 Å². The average Bonchev–Trinajstić information content (AvgIpc) is 2.93. The molecule has 1 aromatic heterocycles. The van der Waals surface area contributed by atoms with Gasteiger partial charge in [-0.05, 0) is 36.8 Å². The van der Waals surface area contributed by atoms with Crippen LogP contribution < -0.4 is 4.74 Å². The molecular formula is C20H19ClN2O4. The lowest BCUT2D eigenvalue weighted by molar-refractivity contribution is -0.139. The molecule has 1 N–H and O–H groups in total. The molecule has 27 heavy (non-hydrogen) atoms. The summed E-state index contributed by atoms with van der Waals surface area (Å²) in [6.45, 7) is 2.28. The third-order valence-corrected chi connectivity index (χ3v) is 4.62. The van der Waals surface area contributed by atoms with E-state index in [2.05, 4.69) is 4.98 Å². The molecule has 0 aliphatic carbocycles. The summed E-state index contributed by atoms with van der Waals surface area (Å²) in [7, 11) is 1.45. The van der Waals surface area contributed by atoms with Crippen LogP contribution in [-0.2, 0) is 9.59 Å². The lowest BCUT2D eigenvalue weighted by Gasteiger charge is -2.24. The maximum atomic E-state index is 12.8. The SMILES string of the molecule is CCCN1C(=O)C(=O)/C(=C(/O)c2cc(Cl)ccc2OC)C1c1ccccn1. The van der Waals surface area contributed by atoms with Gasteiger partial charge in [-0.3, -0.25) is 14.6 Å². The molecule has 0 radical (unpaired) electrons. The Hall–Kier alpha value is -2.86. The van der Waals surface area contributed by atoms with E-state index in [0.29, 0.717) is 29.4 Å². The van der Waals surface area contributed by atoms with E-state index in [0.717, 1.165) is 0 Å². The molecule has 0 bridgehead atoms. The van der Waals surface area contributed by atoms with Crippen molar-refractivity contribution in [3.05, 3.63) is 64.4 Å². The summed E-state index contributed by atoms with van der Waals surface area (Å²) in [5, 5.41) is 11.3. The number of methoxy groups -OCH3 is 1. The molecule has 0 spiro atoms. The van der Waals surface area contributed by atoms with E-state index < -0.39 is 17.7 Å². The van der Waals surface area contributed by atoms with E-state index in [1.807, 2.05) is 6.92 Å². The van der Waals surface area contributed by atoms with Gasteiger partial charge in [0.15, 0.2) is 0 Å². The number of Topliss-reactive ketones (excluding diaryl/α,β-unsaturated/α-hetero) is 1. The predicted octanol–water partition coefficient (Wildman–Crippen LogP) is 3.58. The van der Waals surface area contributed by atoms with E-state index in [9.17, 15) is 14.7 Å². The normalized spacial score (nSPS) is 18.8. The molecule has 1 aliphatic heterocycles. The Morgan fingerprint density at radius 1 is 1.30 bits per heavy atom. The van der Waals surface area contributed by atoms with Crippen molar-refractivity contribution >= 4 is 29.1 Å². The van der Waals surface area contributed by atoms with Gasteiger partial charge in [0.05, 0.1) is 23.9 Å². The average molecular weight is 387 g/mol. The standard InChI is InChI=1S/C20H19ClN2O4/c1-3-10-23-17(14-6-4-5-9-22-14)16(19(25)20(23)26)18(24)13-11-12(21)7-8-15(13)27-2/h4-9,11,17,24H,3,10H2,1-2H3/b18-16+. The van der Waals surface area contributed by atoms with Gasteiger partial charge in [0, 0.05) is 17.8 Å². The first-order valence-electron chi connectivity index (χ1n) is 8.52. The first kappa shape index (κ1) is 18.9. The van der Waals surface area contributed by atoms with Crippen LogP contribution in [0.3, 0.4) is 0 Å². The van der Waals surface area contributed by atoms with Crippen molar-refractivity contribution in [1.82, 2.24) is 9.88 Å². The number of amides is 1. The number of hydrogen-bond acceptors (Lipinski definition) is 5. The number of hydrogen-bond donors (Lipinski definition) is 1. The number of nitrogens with zero attached hydrogens (tertiary/aromatic N) is 2. The number of rotatable bonds is 5. The number of ether oxygens (including phenoxy) is 1. The van der Waals surface area contributed by atoms with Crippen LogP contribution in [0.4, 0.5) is 0 Å². The maximum Gasteiger partial charge on any atom is 0.295 e. The quantitative estimate of drug-likeness (QED) is 0.482. The fraction of sp³-hybridized carbons (Fsp3) is 0.250. The molecule has 0 saturated carbocycles. The minimum Gasteiger partial charge on any atom is -0.507 e. The number of aromatic nitrogens is 1. The Labute approximate surface area is 162 Å². The van der Waals surface area contributed by atoms with Crippen LogP contribution in [0, 0.1) is 0 Å². The van der Waals surface area contributed by atoms with Crippen molar-refractivity contribution in [2.45, 2.75) is 19.4 Å². The predicted molar refractivity (Wildman–Crippen MR) is 102 cm³/mol. The van der Waals surface area contributed by atoms with Crippen LogP contribution in [-0.4, -0.2) is 40.3 Å². The number of aliphatic hydroxyl groups is 1. The third-order valence-electron chi connectivity index (χ3n) is 4.39. The Morgan fingerprint density at radius 2 is 2.07 bits per heavy atom. The lowest BCUT2D eigenvalue weighted by Crippen LogP contribution is -2.30. The van der Waals surface area contributed by atoms with Gasteiger partial charge >= 0.3 is 0 Å². The monoisotopic (exact) mass is 386 g/mol. The van der Waals surface area contributed by atoms with Crippen LogP contribution in [0.2, 0.25) is 5.02 Å². The smallest absolute Gasteiger partial charge is 0.295 e. The van der Waals surface area contributed by atoms with Crippen molar-refractivity contribution in [3.63, 3.8) is 0 Å². The lowest BCUT2D eigenvalue weighted by atomic mass is 9.98. The molecule has 1 aliphatic rings. The highest BCUT2D eigenvalue weighted by molar-refractivity contribution is 6.46. The Kier molecular flexibility index (Phi) is 5.46. The molecule has 140 valence electrons. The number of carbonyl (C=O) groups is 2. The highest BCUT2D eigenvalue weighted by Crippen LogP contribution is 2.40. The number of pyridine rings is 1. The zero-order valence-electron chi connectivity index (χ0n) is 15.0. The molecule has 7 heteroatoms. The second-order valence-corrected chi connectivity index (χ2v) is 6.53. The van der Waals surface area contributed by atoms with Crippen molar-refractivity contribution < 1.29 is 19.4 Å². The van der Waals surface area contributed by atoms with Crippen molar-refractivity contribution in [3.8, 4) is 5.75 Å². The van der Waals surface area contributed by atoms with Crippen LogP contribution in [0.1, 0.15) is 30.6 Å². The molecule has 1 aromatic carbocycles. The Morgan fingerprint density at radius 3 is 2.70 bits per heavy atom. The number of carbonyl (C=O) groups excluding carboxylic acids is 2. The molecule has 1 fully saturated rings. The third kappa shape index (κ3) is 3.40. The summed E-state index contributed by atoms with van der Waals surface area (Å²) in [4.78, 5) is 31.1. The summed E-state index contributed by atoms with van der Waals surface area (Å²) < 4.78 is 5.28. The van der Waals surface area contributed by atoms with Crippen LogP contribution in [0.5, 0.6) is 5.75 Å². The minimum absolute atomic E-state index is 0.0206. The summed E-state index contributed by atoms with van der Waals surface area (Å²) in [6, 6.07) is 9.18. The number of ketones is 1. The second kappa shape index (κ2) is 7.80. The molecule has 3 rings (SSSR count). The number of halogens is 1. The summed E-state index contributed by atoms with van der Waals surface area (Å²) in [6.07, 6.45) is 2.25. The number of aliphatic hydroxyl groups excluding tert-OH is 1. The molecule has 1 amide bonds. The van der Waals surface area contributed by atoms with E-state index in [1.165, 1.54) is 18.1 Å². The highest BCUT2D eigenvalue weighted by Gasteiger charge is 2.46. The minimum atomic E-state index is -0.769. The second-order valence-electron chi connectivity index (χ2n) is 6.09. The van der Waals surface area contributed by atoms with E-state index in [4.69, 9.17) is 16.3 Å². The van der Waals surface area contributed by atoms with Gasteiger partial charge in [-0.2, -0.15) is 0 Å². The largest absolute Gasteiger partial charge is 0.507 e. The van der Waals surface area contributed by atoms with E-state index >= 15 is 0 Å². The fourth-order valence-corrected chi connectivity index (χ4v) is 3.38. The topological polar surface area (TPSA) is 79.7 Å². The first-order chi connectivity index (χ1) is 13.0. The van der Waals surface area contributed by atoms with Crippen molar-refractivity contribution in [1.29, 1.82) is 0 Å². The molecule has 6 nitrogen and oxygen atoms in total. The van der Waals surface area contributed by atoms with Gasteiger partial charge < -0.3 is 14.7 Å². The van der Waals surface area contributed by atoms with Gasteiger partial charge in [-0.25, -0.2) is 0 Å². The van der Waals surface area contributed by atoms with E-state index in [-0.39, 0.29) is 16.9 Å². The van der Waals surface area contributed by atoms with E-state index in [1.54, 1.807) is 36.5 Å². The summed E-state index contributed by atoms with van der Waals surface area (Å²) in [5.41, 5.74) is 0.737. The van der Waals surface area contributed by atoms with Crippen molar-refractivity contribution in [2.24, 2.45) is 0 Å². The first-order valence-corrected chi connectivity index (χ1v) is 8.90. The summed E-state index contributed by atoms with van der Waals surface area (Å²) >= 11 is 6.06. The zero-order chi connectivity index (χ0) is 19.6. The van der Waals surface area contributed by atoms with Crippen LogP contribution in [0.25, 0.3) is 5.76 Å². The summed E-state index contributed by atoms with van der Waals surface area (Å²) in [5.74, 6) is -1.39. The molecule has 2 heterocycles. The van der Waals surface area contributed by atoms with Gasteiger partial charge in [0.2, 0.25) is 0 Å². The van der Waals surface area contributed by atoms with Gasteiger partial charge in [-0.15, -0.1) is 0 Å². The molecule has 1 atom stereocenters. The Balaban J connectivity index is 2.24. The van der Waals surface area contributed by atoms with Gasteiger partial charge in [0.25, 0.3) is 11.7 Å². The Bertz CT molecular complexity index is 911. The van der Waals surface area contributed by atoms with Crippen molar-refractivity contribution in [2.75, 3.05) is 13.7 Å². The molecule has 1 saturated heterocycles. The maximum absolute atomic E-state index is 12.8. The molecule has 1 unspecified atom stereocenters. The van der Waals surface area contributed by atoms with Gasteiger partial charge in [-0.1, -0.05) is 24.6 Å². The highest BCUT2D eigenvalue weighted by atomic mass is 35.5. The molecular weight excluding hydrogens is 368 g/mol. The van der Waals surface area contributed by atoms with Crippen LogP contribution >= 0.6 is 11.6 Å². The fourth-order valence-electron chi connectivity index (χ4n) is 3.21. The van der Waals surface area contributed by atoms with Gasteiger partial charge in [0.1, 0.15) is 17.6 Å². The number of likely N-dealkylation sites (tertiary alicyclic amines) is 1. The number of benzene rings is 1.